The van der Waals surface area contributed by atoms with Crippen LogP contribution in [0.5, 0.6) is 0 Å². The molecule has 2 aromatic carbocycles. The third kappa shape index (κ3) is 5.51. The van der Waals surface area contributed by atoms with Crippen molar-refractivity contribution in [3.8, 4) is 0 Å². The minimum Gasteiger partial charge on any atom is -0.395 e. The molecule has 1 aliphatic rings. The van der Waals surface area contributed by atoms with Gasteiger partial charge < -0.3 is 10.2 Å². The molecule has 2 N–H and O–H groups in total. The second kappa shape index (κ2) is 10.4. The first kappa shape index (κ1) is 22.1. The van der Waals surface area contributed by atoms with E-state index >= 15 is 0 Å². The number of halogens is 1. The fraction of sp³-hybridized carbons (Fsp3) is 0.320. The number of rotatable bonds is 10. The van der Waals surface area contributed by atoms with Crippen LogP contribution in [0.1, 0.15) is 35.6 Å². The summed E-state index contributed by atoms with van der Waals surface area (Å²) in [6.45, 7) is 3.22. The molecule has 0 amide bonds. The van der Waals surface area contributed by atoms with E-state index in [0.29, 0.717) is 24.2 Å². The SMILES string of the molecule is CC1=C(CCN(CCO)Cc2ccc(/C=C/C(=O)CO)cc2F)c2ccccc2C1. The number of hydrogen-bond acceptors (Lipinski definition) is 4. The molecule has 4 nitrogen and oxygen atoms in total. The van der Waals surface area contributed by atoms with Gasteiger partial charge in [-0.15, -0.1) is 0 Å². The molecule has 158 valence electrons. The van der Waals surface area contributed by atoms with E-state index < -0.39 is 12.4 Å². The van der Waals surface area contributed by atoms with Crippen LogP contribution in [0.15, 0.2) is 54.1 Å². The molecule has 0 spiro atoms. The first-order valence-electron chi connectivity index (χ1n) is 10.2. The molecular formula is C25H28FNO3. The molecule has 2 aromatic rings. The topological polar surface area (TPSA) is 60.8 Å². The van der Waals surface area contributed by atoms with Gasteiger partial charge >= 0.3 is 0 Å². The average Bonchev–Trinajstić information content (AvgIpc) is 3.07. The van der Waals surface area contributed by atoms with Crippen molar-refractivity contribution in [1.82, 2.24) is 4.90 Å². The Bertz CT molecular complexity index is 965. The number of aliphatic hydroxyl groups is 2. The van der Waals surface area contributed by atoms with E-state index in [1.807, 2.05) is 0 Å². The Balaban J connectivity index is 1.67. The van der Waals surface area contributed by atoms with Gasteiger partial charge in [-0.25, -0.2) is 4.39 Å². The average molecular weight is 410 g/mol. The molecule has 0 unspecified atom stereocenters. The van der Waals surface area contributed by atoms with Crippen molar-refractivity contribution >= 4 is 17.4 Å². The Labute approximate surface area is 177 Å². The summed E-state index contributed by atoms with van der Waals surface area (Å²) in [5, 5.41) is 18.2. The number of ketones is 1. The minimum absolute atomic E-state index is 0.0142. The van der Waals surface area contributed by atoms with Gasteiger partial charge in [0, 0.05) is 25.2 Å². The van der Waals surface area contributed by atoms with E-state index in [9.17, 15) is 14.3 Å². The Kier molecular flexibility index (Phi) is 7.69. The van der Waals surface area contributed by atoms with Gasteiger partial charge in [0.05, 0.1) is 6.61 Å². The molecule has 0 aliphatic heterocycles. The van der Waals surface area contributed by atoms with Crippen molar-refractivity contribution in [3.63, 3.8) is 0 Å². The number of allylic oxidation sites excluding steroid dienone is 1. The molecule has 0 radical (unpaired) electrons. The number of fused-ring (bicyclic) bond motifs is 1. The molecule has 0 aromatic heterocycles. The van der Waals surface area contributed by atoms with Gasteiger partial charge in [-0.3, -0.25) is 9.69 Å². The Hall–Kier alpha value is -2.60. The van der Waals surface area contributed by atoms with E-state index in [-0.39, 0.29) is 12.4 Å². The molecule has 0 saturated carbocycles. The van der Waals surface area contributed by atoms with E-state index in [4.69, 9.17) is 5.11 Å². The highest BCUT2D eigenvalue weighted by molar-refractivity contribution is 5.94. The lowest BCUT2D eigenvalue weighted by atomic mass is 10.0. The highest BCUT2D eigenvalue weighted by Gasteiger charge is 2.19. The Morgan fingerprint density at radius 1 is 1.17 bits per heavy atom. The van der Waals surface area contributed by atoms with Gasteiger partial charge in [-0.05, 0) is 54.2 Å². The highest BCUT2D eigenvalue weighted by Crippen LogP contribution is 2.34. The Morgan fingerprint density at radius 3 is 2.70 bits per heavy atom. The summed E-state index contributed by atoms with van der Waals surface area (Å²) in [4.78, 5) is 13.2. The zero-order valence-corrected chi connectivity index (χ0v) is 17.3. The second-order valence-corrected chi connectivity index (χ2v) is 7.65. The molecule has 0 saturated heterocycles. The van der Waals surface area contributed by atoms with Crippen LogP contribution in [0.25, 0.3) is 11.6 Å². The summed E-state index contributed by atoms with van der Waals surface area (Å²) in [7, 11) is 0. The highest BCUT2D eigenvalue weighted by atomic mass is 19.1. The van der Waals surface area contributed by atoms with Crippen molar-refractivity contribution in [3.05, 3.63) is 82.2 Å². The van der Waals surface area contributed by atoms with Crippen LogP contribution in [0.4, 0.5) is 4.39 Å². The predicted octanol–water partition coefficient (Wildman–Crippen LogP) is 3.61. The molecule has 3 rings (SSSR count). The van der Waals surface area contributed by atoms with Gasteiger partial charge in [-0.2, -0.15) is 0 Å². The standard InChI is InChI=1S/C25H28FNO3/c1-18-14-20-4-2-3-5-24(20)23(18)10-11-27(12-13-28)16-21-8-6-19(15-25(21)26)7-9-22(30)17-29/h2-9,15,28-29H,10-14,16-17H2,1H3/b9-7+. The number of aliphatic hydroxyl groups excluding tert-OH is 2. The zero-order valence-electron chi connectivity index (χ0n) is 17.3. The molecule has 1 aliphatic carbocycles. The first-order chi connectivity index (χ1) is 14.5. The van der Waals surface area contributed by atoms with Crippen molar-refractivity contribution < 1.29 is 19.4 Å². The van der Waals surface area contributed by atoms with Crippen molar-refractivity contribution in [2.45, 2.75) is 26.3 Å². The van der Waals surface area contributed by atoms with Crippen molar-refractivity contribution in [2.24, 2.45) is 0 Å². The molecule has 0 fully saturated rings. The van der Waals surface area contributed by atoms with Crippen LogP contribution in [0, 0.1) is 5.82 Å². The van der Waals surface area contributed by atoms with Crippen LogP contribution < -0.4 is 0 Å². The van der Waals surface area contributed by atoms with E-state index in [1.165, 1.54) is 40.5 Å². The van der Waals surface area contributed by atoms with Gasteiger partial charge in [-0.1, -0.05) is 48.0 Å². The quantitative estimate of drug-likeness (QED) is 0.589. The van der Waals surface area contributed by atoms with Crippen LogP contribution in [-0.2, 0) is 17.8 Å². The van der Waals surface area contributed by atoms with Crippen LogP contribution in [0.2, 0.25) is 0 Å². The molecule has 5 heteroatoms. The maximum atomic E-state index is 14.6. The number of hydrogen-bond donors (Lipinski definition) is 2. The Morgan fingerprint density at radius 2 is 1.97 bits per heavy atom. The van der Waals surface area contributed by atoms with Gasteiger partial charge in [0.2, 0.25) is 0 Å². The number of carbonyl (C=O) groups is 1. The lowest BCUT2D eigenvalue weighted by Crippen LogP contribution is -2.28. The summed E-state index contributed by atoms with van der Waals surface area (Å²) in [6, 6.07) is 13.3. The van der Waals surface area contributed by atoms with Crippen LogP contribution in [0.3, 0.4) is 0 Å². The van der Waals surface area contributed by atoms with E-state index in [0.717, 1.165) is 19.4 Å². The normalized spacial score (nSPS) is 13.5. The summed E-state index contributed by atoms with van der Waals surface area (Å²) in [5.74, 6) is -0.773. The zero-order chi connectivity index (χ0) is 21.5. The summed E-state index contributed by atoms with van der Waals surface area (Å²) in [6.07, 6.45) is 4.56. The summed E-state index contributed by atoms with van der Waals surface area (Å²) < 4.78 is 14.6. The summed E-state index contributed by atoms with van der Waals surface area (Å²) >= 11 is 0. The smallest absolute Gasteiger partial charge is 0.181 e. The van der Waals surface area contributed by atoms with E-state index in [2.05, 4.69) is 36.1 Å². The molecular weight excluding hydrogens is 381 g/mol. The number of nitrogens with zero attached hydrogens (tertiary/aromatic N) is 1. The predicted molar refractivity (Wildman–Crippen MR) is 117 cm³/mol. The lowest BCUT2D eigenvalue weighted by molar-refractivity contribution is -0.117. The van der Waals surface area contributed by atoms with Gasteiger partial charge in [0.25, 0.3) is 0 Å². The lowest BCUT2D eigenvalue weighted by Gasteiger charge is -2.22. The third-order valence-corrected chi connectivity index (χ3v) is 5.50. The summed E-state index contributed by atoms with van der Waals surface area (Å²) in [5.41, 5.74) is 6.50. The maximum absolute atomic E-state index is 14.6. The maximum Gasteiger partial charge on any atom is 0.181 e. The fourth-order valence-electron chi connectivity index (χ4n) is 3.90. The fourth-order valence-corrected chi connectivity index (χ4v) is 3.90. The monoisotopic (exact) mass is 409 g/mol. The van der Waals surface area contributed by atoms with Crippen molar-refractivity contribution in [1.29, 1.82) is 0 Å². The molecule has 0 heterocycles. The second-order valence-electron chi connectivity index (χ2n) is 7.65. The van der Waals surface area contributed by atoms with Gasteiger partial charge in [0.15, 0.2) is 5.78 Å². The number of benzene rings is 2. The van der Waals surface area contributed by atoms with Gasteiger partial charge in [0.1, 0.15) is 12.4 Å². The third-order valence-electron chi connectivity index (χ3n) is 5.50. The molecule has 30 heavy (non-hydrogen) atoms. The minimum atomic E-state index is -0.562. The van der Waals surface area contributed by atoms with E-state index in [1.54, 1.807) is 12.1 Å². The molecule has 0 atom stereocenters. The van der Waals surface area contributed by atoms with Crippen LogP contribution in [-0.4, -0.2) is 47.2 Å². The van der Waals surface area contributed by atoms with Crippen LogP contribution >= 0.6 is 0 Å². The number of carbonyl (C=O) groups excluding carboxylic acids is 1. The van der Waals surface area contributed by atoms with Crippen molar-refractivity contribution in [2.75, 3.05) is 26.3 Å². The molecule has 0 bridgehead atoms. The first-order valence-corrected chi connectivity index (χ1v) is 10.2. The largest absolute Gasteiger partial charge is 0.395 e.